The molecule has 0 aromatic heterocycles. The van der Waals surface area contributed by atoms with Gasteiger partial charge in [0.05, 0.1) is 7.11 Å². The molecule has 2 unspecified atom stereocenters. The van der Waals surface area contributed by atoms with Crippen molar-refractivity contribution in [3.05, 3.63) is 0 Å². The summed E-state index contributed by atoms with van der Waals surface area (Å²) in [5, 5.41) is 7.28. The van der Waals surface area contributed by atoms with Gasteiger partial charge in [0, 0.05) is 11.5 Å². The number of thiol groups is 2. The largest absolute Gasteiger partial charge is 0.480 e. The molecule has 0 aliphatic heterocycles. The molecule has 2 atom stereocenters. The van der Waals surface area contributed by atoms with Crippen molar-refractivity contribution < 1.29 is 19.4 Å². The van der Waals surface area contributed by atoms with Crippen LogP contribution in [0.5, 0.6) is 0 Å². The second-order valence-corrected chi connectivity index (χ2v) is 4.75. The minimum Gasteiger partial charge on any atom is -0.480 e. The van der Waals surface area contributed by atoms with Gasteiger partial charge < -0.3 is 9.84 Å². The molecule has 0 aliphatic rings. The van der Waals surface area contributed by atoms with Gasteiger partial charge >= 0.3 is 11.9 Å². The molecule has 7 heteroatoms. The minimum atomic E-state index is -0.963. The molecular weight excluding hydrogens is 244 g/mol. The molecule has 1 N–H and O–H groups in total. The van der Waals surface area contributed by atoms with Crippen molar-refractivity contribution in [2.45, 2.75) is 10.5 Å². The van der Waals surface area contributed by atoms with Crippen LogP contribution in [0.3, 0.4) is 0 Å². The number of carbonyl (C=O) groups is 2. The van der Waals surface area contributed by atoms with E-state index in [0.29, 0.717) is 11.5 Å². The number of hydrogen-bond donors (Lipinski definition) is 3. The third-order valence-corrected chi connectivity index (χ3v) is 3.74. The number of ether oxygens (including phenoxy) is 1. The van der Waals surface area contributed by atoms with Crippen molar-refractivity contribution in [2.24, 2.45) is 0 Å². The molecule has 0 spiro atoms. The fraction of sp³-hybridized carbons (Fsp3) is 0.714. The van der Waals surface area contributed by atoms with Crippen molar-refractivity contribution >= 4 is 49.0 Å². The first kappa shape index (κ1) is 14.0. The van der Waals surface area contributed by atoms with E-state index in [1.807, 2.05) is 0 Å². The molecule has 0 fully saturated rings. The van der Waals surface area contributed by atoms with Crippen molar-refractivity contribution in [1.29, 1.82) is 0 Å². The third kappa shape index (κ3) is 5.66. The number of carboxylic acid groups (broad SMARTS) is 1. The monoisotopic (exact) mass is 256 g/mol. The maximum absolute atomic E-state index is 10.9. The summed E-state index contributed by atoms with van der Waals surface area (Å²) in [6.45, 7) is 0. The third-order valence-electron chi connectivity index (χ3n) is 1.31. The molecule has 0 radical (unpaired) electrons. The summed E-state index contributed by atoms with van der Waals surface area (Å²) in [4.78, 5) is 21.2. The number of thioether (sulfide) groups is 1. The van der Waals surface area contributed by atoms with E-state index in [4.69, 9.17) is 5.11 Å². The van der Waals surface area contributed by atoms with Crippen LogP contribution in [0.25, 0.3) is 0 Å². The standard InChI is InChI=1S/C7H12O4S3/c1-11-7(10)5(13)3-14-2-4(12)6(8)9/h4-5,12-13H,2-3H2,1H3,(H,8,9). The van der Waals surface area contributed by atoms with Crippen LogP contribution in [0.2, 0.25) is 0 Å². The van der Waals surface area contributed by atoms with Crippen molar-refractivity contribution in [3.63, 3.8) is 0 Å². The lowest BCUT2D eigenvalue weighted by Crippen LogP contribution is -2.21. The van der Waals surface area contributed by atoms with E-state index in [9.17, 15) is 9.59 Å². The molecule has 14 heavy (non-hydrogen) atoms. The first-order valence-corrected chi connectivity index (χ1v) is 5.92. The number of carboxylic acids is 1. The molecule has 0 rings (SSSR count). The Kier molecular flexibility index (Phi) is 7.30. The van der Waals surface area contributed by atoms with Crippen LogP contribution in [0, 0.1) is 0 Å². The molecule has 0 saturated heterocycles. The average molecular weight is 256 g/mol. The predicted molar refractivity (Wildman–Crippen MR) is 62.5 cm³/mol. The van der Waals surface area contributed by atoms with E-state index in [-0.39, 0.29) is 0 Å². The van der Waals surface area contributed by atoms with Gasteiger partial charge in [0.2, 0.25) is 0 Å². The zero-order chi connectivity index (χ0) is 11.1. The Hall–Kier alpha value is -0.0100. The Morgan fingerprint density at radius 3 is 2.29 bits per heavy atom. The Labute approximate surface area is 97.6 Å². The van der Waals surface area contributed by atoms with Gasteiger partial charge in [0.25, 0.3) is 0 Å². The number of carbonyl (C=O) groups excluding carboxylic acids is 1. The quantitative estimate of drug-likeness (QED) is 0.479. The van der Waals surface area contributed by atoms with Gasteiger partial charge in [-0.25, -0.2) is 0 Å². The van der Waals surface area contributed by atoms with E-state index in [1.165, 1.54) is 18.9 Å². The molecule has 0 aromatic rings. The van der Waals surface area contributed by atoms with Crippen LogP contribution in [-0.2, 0) is 14.3 Å². The van der Waals surface area contributed by atoms with Gasteiger partial charge in [-0.1, -0.05) is 0 Å². The van der Waals surface area contributed by atoms with Crippen molar-refractivity contribution in [2.75, 3.05) is 18.6 Å². The molecule has 0 aliphatic carbocycles. The summed E-state index contributed by atoms with van der Waals surface area (Å²) in [5.74, 6) is -0.617. The molecule has 0 aromatic carbocycles. The number of rotatable bonds is 6. The first-order chi connectivity index (χ1) is 6.49. The topological polar surface area (TPSA) is 63.6 Å². The van der Waals surface area contributed by atoms with Crippen molar-refractivity contribution in [3.8, 4) is 0 Å². The minimum absolute atomic E-state index is 0.340. The zero-order valence-corrected chi connectivity index (χ0v) is 10.1. The van der Waals surface area contributed by atoms with Gasteiger partial charge in [-0.15, -0.1) is 0 Å². The van der Waals surface area contributed by atoms with E-state index in [1.54, 1.807) is 0 Å². The first-order valence-electron chi connectivity index (χ1n) is 3.73. The van der Waals surface area contributed by atoms with Gasteiger partial charge in [0.1, 0.15) is 10.5 Å². The highest BCUT2D eigenvalue weighted by Crippen LogP contribution is 2.12. The SMILES string of the molecule is COC(=O)C(S)CSCC(S)C(=O)O. The number of aliphatic carboxylic acids is 1. The summed E-state index contributed by atoms with van der Waals surface area (Å²) in [6.07, 6.45) is 0. The van der Waals surface area contributed by atoms with Crippen molar-refractivity contribution in [1.82, 2.24) is 0 Å². The lowest BCUT2D eigenvalue weighted by atomic mass is 10.5. The van der Waals surface area contributed by atoms with Gasteiger partial charge in [0.15, 0.2) is 0 Å². The van der Waals surface area contributed by atoms with E-state index < -0.39 is 22.4 Å². The lowest BCUT2D eigenvalue weighted by molar-refractivity contribution is -0.139. The van der Waals surface area contributed by atoms with E-state index >= 15 is 0 Å². The molecule has 4 nitrogen and oxygen atoms in total. The van der Waals surface area contributed by atoms with E-state index in [2.05, 4.69) is 30.0 Å². The molecule has 0 saturated carbocycles. The molecule has 0 heterocycles. The van der Waals surface area contributed by atoms with Gasteiger partial charge in [-0.3, -0.25) is 9.59 Å². The fourth-order valence-electron chi connectivity index (χ4n) is 0.567. The van der Waals surface area contributed by atoms with Gasteiger partial charge in [-0.05, 0) is 0 Å². The summed E-state index contributed by atoms with van der Waals surface area (Å²) < 4.78 is 4.45. The van der Waals surface area contributed by atoms with E-state index in [0.717, 1.165) is 0 Å². The maximum Gasteiger partial charge on any atom is 0.319 e. The van der Waals surface area contributed by atoms with Crippen LogP contribution in [0.1, 0.15) is 0 Å². The Morgan fingerprint density at radius 2 is 1.86 bits per heavy atom. The fourth-order valence-corrected chi connectivity index (χ4v) is 2.17. The Morgan fingerprint density at radius 1 is 1.36 bits per heavy atom. The second kappa shape index (κ2) is 7.30. The number of hydrogen-bond acceptors (Lipinski definition) is 6. The van der Waals surface area contributed by atoms with Crippen LogP contribution >= 0.6 is 37.0 Å². The predicted octanol–water partition coefficient (Wildman–Crippen LogP) is 0.574. The van der Waals surface area contributed by atoms with Crippen LogP contribution in [-0.4, -0.2) is 46.2 Å². The highest BCUT2D eigenvalue weighted by molar-refractivity contribution is 8.01. The Bertz CT molecular complexity index is 209. The number of methoxy groups -OCH3 is 1. The molecular formula is C7H12O4S3. The second-order valence-electron chi connectivity index (χ2n) is 2.43. The smallest absolute Gasteiger partial charge is 0.319 e. The molecule has 82 valence electrons. The summed E-state index contributed by atoms with van der Waals surface area (Å²) in [6, 6.07) is 0. The Balaban J connectivity index is 3.64. The maximum atomic E-state index is 10.9. The molecule has 0 amide bonds. The summed E-state index contributed by atoms with van der Waals surface area (Å²) in [7, 11) is 1.29. The highest BCUT2D eigenvalue weighted by Gasteiger charge is 2.16. The average Bonchev–Trinajstić information content (AvgIpc) is 2.15. The van der Waals surface area contributed by atoms with Crippen LogP contribution in [0.15, 0.2) is 0 Å². The van der Waals surface area contributed by atoms with Gasteiger partial charge in [-0.2, -0.15) is 37.0 Å². The van der Waals surface area contributed by atoms with Crippen LogP contribution < -0.4 is 0 Å². The lowest BCUT2D eigenvalue weighted by Gasteiger charge is -2.08. The normalized spacial score (nSPS) is 14.5. The zero-order valence-electron chi connectivity index (χ0n) is 7.54. The van der Waals surface area contributed by atoms with Crippen LogP contribution in [0.4, 0.5) is 0 Å². The summed E-state index contributed by atoms with van der Waals surface area (Å²) >= 11 is 9.14. The summed E-state index contributed by atoms with van der Waals surface area (Å²) in [5.41, 5.74) is 0. The highest BCUT2D eigenvalue weighted by atomic mass is 32.2. The number of esters is 1. The molecule has 0 bridgehead atoms.